The van der Waals surface area contributed by atoms with E-state index in [0.29, 0.717) is 28.8 Å². The number of pyridine rings is 1. The first-order valence-corrected chi connectivity index (χ1v) is 8.86. The molecular formula is C19H17ClF3N3O2. The number of carboxylic acids is 1. The highest BCUT2D eigenvalue weighted by Crippen LogP contribution is 2.32. The summed E-state index contributed by atoms with van der Waals surface area (Å²) >= 11 is 6.03. The zero-order chi connectivity index (χ0) is 20.8. The standard InChI is InChI=1S/C19H17ClF3N3O2/c1-4-12-9(2)17-16(6-13(12)18(27)28)26(10(3)25-17)8-15-14(20)5-11(7-24-15)19(21,22)23/h5-7H,4,8H2,1-3H3,(H,27,28). The predicted octanol–water partition coefficient (Wildman–Crippen LogP) is 5.03. The van der Waals surface area contributed by atoms with Crippen molar-refractivity contribution in [3.8, 4) is 0 Å². The van der Waals surface area contributed by atoms with Gasteiger partial charge in [0.1, 0.15) is 5.82 Å². The van der Waals surface area contributed by atoms with Crippen LogP contribution in [-0.2, 0) is 19.1 Å². The van der Waals surface area contributed by atoms with Crippen LogP contribution in [-0.4, -0.2) is 25.6 Å². The van der Waals surface area contributed by atoms with Gasteiger partial charge in [-0.2, -0.15) is 13.2 Å². The normalized spacial score (nSPS) is 12.0. The van der Waals surface area contributed by atoms with E-state index in [0.717, 1.165) is 17.8 Å². The van der Waals surface area contributed by atoms with E-state index >= 15 is 0 Å². The molecule has 2 heterocycles. The molecule has 0 radical (unpaired) electrons. The minimum absolute atomic E-state index is 0.0727. The Labute approximate surface area is 163 Å². The number of imidazole rings is 1. The Hall–Kier alpha value is -2.61. The second kappa shape index (κ2) is 7.09. The van der Waals surface area contributed by atoms with Crippen LogP contribution in [0.1, 0.15) is 45.5 Å². The number of aromatic nitrogens is 3. The lowest BCUT2D eigenvalue weighted by molar-refractivity contribution is -0.137. The van der Waals surface area contributed by atoms with Crippen LogP contribution in [0.4, 0.5) is 13.2 Å². The predicted molar refractivity (Wildman–Crippen MR) is 98.9 cm³/mol. The van der Waals surface area contributed by atoms with E-state index in [4.69, 9.17) is 11.6 Å². The molecule has 0 aliphatic carbocycles. The van der Waals surface area contributed by atoms with Gasteiger partial charge in [-0.05, 0) is 43.5 Å². The van der Waals surface area contributed by atoms with E-state index in [2.05, 4.69) is 9.97 Å². The smallest absolute Gasteiger partial charge is 0.417 e. The molecule has 0 bridgehead atoms. The third kappa shape index (κ3) is 3.44. The highest BCUT2D eigenvalue weighted by Gasteiger charge is 2.31. The number of fused-ring (bicyclic) bond motifs is 1. The molecule has 0 saturated carbocycles. The van der Waals surface area contributed by atoms with E-state index in [1.165, 1.54) is 0 Å². The molecule has 28 heavy (non-hydrogen) atoms. The highest BCUT2D eigenvalue weighted by molar-refractivity contribution is 6.31. The SMILES string of the molecule is CCc1c(C(=O)O)cc2c(nc(C)n2Cc2ncc(C(F)(F)F)cc2Cl)c1C. The number of rotatable bonds is 4. The van der Waals surface area contributed by atoms with Crippen molar-refractivity contribution in [3.05, 3.63) is 57.1 Å². The van der Waals surface area contributed by atoms with Crippen molar-refractivity contribution in [2.45, 2.75) is 39.9 Å². The van der Waals surface area contributed by atoms with E-state index in [-0.39, 0.29) is 22.8 Å². The monoisotopic (exact) mass is 411 g/mol. The van der Waals surface area contributed by atoms with Crippen LogP contribution >= 0.6 is 11.6 Å². The van der Waals surface area contributed by atoms with Crippen molar-refractivity contribution in [2.24, 2.45) is 0 Å². The number of hydrogen-bond acceptors (Lipinski definition) is 3. The molecule has 0 amide bonds. The van der Waals surface area contributed by atoms with E-state index in [1.54, 1.807) is 17.6 Å². The molecule has 0 saturated heterocycles. The van der Waals surface area contributed by atoms with Crippen molar-refractivity contribution in [3.63, 3.8) is 0 Å². The fourth-order valence-corrected chi connectivity index (χ4v) is 3.53. The minimum atomic E-state index is -4.53. The number of hydrogen-bond donors (Lipinski definition) is 1. The Morgan fingerprint density at radius 1 is 1.29 bits per heavy atom. The van der Waals surface area contributed by atoms with Crippen LogP contribution in [0.5, 0.6) is 0 Å². The first-order valence-electron chi connectivity index (χ1n) is 8.48. The number of benzene rings is 1. The molecular weight excluding hydrogens is 395 g/mol. The largest absolute Gasteiger partial charge is 0.478 e. The van der Waals surface area contributed by atoms with Crippen LogP contribution in [0.15, 0.2) is 18.3 Å². The third-order valence-corrected chi connectivity index (χ3v) is 5.08. The molecule has 0 atom stereocenters. The van der Waals surface area contributed by atoms with Gasteiger partial charge < -0.3 is 9.67 Å². The summed E-state index contributed by atoms with van der Waals surface area (Å²) in [5, 5.41) is 9.43. The van der Waals surface area contributed by atoms with E-state index in [1.807, 2.05) is 13.8 Å². The summed E-state index contributed by atoms with van der Waals surface area (Å²) in [5.41, 5.74) is 2.20. The number of alkyl halides is 3. The van der Waals surface area contributed by atoms with Crippen LogP contribution < -0.4 is 0 Å². The maximum atomic E-state index is 12.8. The lowest BCUT2D eigenvalue weighted by atomic mass is 9.98. The zero-order valence-corrected chi connectivity index (χ0v) is 16.1. The number of carbonyl (C=O) groups is 1. The second-order valence-corrected chi connectivity index (χ2v) is 6.86. The Morgan fingerprint density at radius 2 is 1.96 bits per heavy atom. The Balaban J connectivity index is 2.14. The van der Waals surface area contributed by atoms with Crippen LogP contribution in [0.3, 0.4) is 0 Å². The average molecular weight is 412 g/mol. The molecule has 0 spiro atoms. The van der Waals surface area contributed by atoms with Gasteiger partial charge in [0.05, 0.1) is 39.4 Å². The Morgan fingerprint density at radius 3 is 2.50 bits per heavy atom. The number of aryl methyl sites for hydroxylation is 2. The van der Waals surface area contributed by atoms with Gasteiger partial charge in [-0.3, -0.25) is 4.98 Å². The fraction of sp³-hybridized carbons (Fsp3) is 0.316. The summed E-state index contributed by atoms with van der Waals surface area (Å²) in [5.74, 6) is -0.460. The summed E-state index contributed by atoms with van der Waals surface area (Å²) < 4.78 is 40.2. The van der Waals surface area contributed by atoms with Crippen LogP contribution in [0.25, 0.3) is 11.0 Å². The van der Waals surface area contributed by atoms with Gasteiger partial charge >= 0.3 is 12.1 Å². The molecule has 2 aromatic heterocycles. The quantitative estimate of drug-likeness (QED) is 0.653. The topological polar surface area (TPSA) is 68.0 Å². The zero-order valence-electron chi connectivity index (χ0n) is 15.4. The molecule has 1 aromatic carbocycles. The molecule has 0 fully saturated rings. The first kappa shape index (κ1) is 20.1. The molecule has 3 aromatic rings. The van der Waals surface area contributed by atoms with Gasteiger partial charge in [0.25, 0.3) is 0 Å². The molecule has 148 valence electrons. The lowest BCUT2D eigenvalue weighted by Crippen LogP contribution is -2.10. The summed E-state index contributed by atoms with van der Waals surface area (Å²) in [7, 11) is 0. The maximum Gasteiger partial charge on any atom is 0.417 e. The summed E-state index contributed by atoms with van der Waals surface area (Å²) in [4.78, 5) is 20.1. The van der Waals surface area contributed by atoms with Crippen molar-refractivity contribution in [1.29, 1.82) is 0 Å². The molecule has 3 rings (SSSR count). The van der Waals surface area contributed by atoms with Gasteiger partial charge in [-0.25, -0.2) is 9.78 Å². The minimum Gasteiger partial charge on any atom is -0.478 e. The molecule has 0 aliphatic heterocycles. The molecule has 5 nitrogen and oxygen atoms in total. The Kier molecular flexibility index (Phi) is 5.10. The third-order valence-electron chi connectivity index (χ3n) is 4.75. The van der Waals surface area contributed by atoms with Crippen molar-refractivity contribution < 1.29 is 23.1 Å². The number of carboxylic acid groups (broad SMARTS) is 1. The summed E-state index contributed by atoms with van der Waals surface area (Å²) in [6.45, 7) is 5.50. The fourth-order valence-electron chi connectivity index (χ4n) is 3.31. The summed E-state index contributed by atoms with van der Waals surface area (Å²) in [6, 6.07) is 2.38. The van der Waals surface area contributed by atoms with Gasteiger partial charge in [-0.15, -0.1) is 0 Å². The molecule has 1 N–H and O–H groups in total. The second-order valence-electron chi connectivity index (χ2n) is 6.45. The van der Waals surface area contributed by atoms with Gasteiger partial charge in [-0.1, -0.05) is 18.5 Å². The first-order chi connectivity index (χ1) is 13.0. The highest BCUT2D eigenvalue weighted by atomic mass is 35.5. The van der Waals surface area contributed by atoms with E-state index < -0.39 is 17.7 Å². The Bertz CT molecular complexity index is 1090. The van der Waals surface area contributed by atoms with Gasteiger partial charge in [0, 0.05) is 6.20 Å². The maximum absolute atomic E-state index is 12.8. The molecule has 0 unspecified atom stereocenters. The molecule has 0 aliphatic rings. The number of aromatic carboxylic acids is 1. The van der Waals surface area contributed by atoms with Crippen molar-refractivity contribution in [2.75, 3.05) is 0 Å². The lowest BCUT2D eigenvalue weighted by Gasteiger charge is -2.13. The van der Waals surface area contributed by atoms with Crippen molar-refractivity contribution in [1.82, 2.24) is 14.5 Å². The van der Waals surface area contributed by atoms with E-state index in [9.17, 15) is 23.1 Å². The van der Waals surface area contributed by atoms with Gasteiger partial charge in [0.2, 0.25) is 0 Å². The van der Waals surface area contributed by atoms with Crippen LogP contribution in [0.2, 0.25) is 5.02 Å². The summed E-state index contributed by atoms with van der Waals surface area (Å²) in [6.07, 6.45) is -3.25. The number of halogens is 4. The van der Waals surface area contributed by atoms with Crippen molar-refractivity contribution >= 4 is 28.6 Å². The average Bonchev–Trinajstić information content (AvgIpc) is 2.91. The van der Waals surface area contributed by atoms with Gasteiger partial charge in [0.15, 0.2) is 0 Å². The molecule has 9 heteroatoms. The number of nitrogens with zero attached hydrogens (tertiary/aromatic N) is 3. The van der Waals surface area contributed by atoms with Crippen LogP contribution in [0, 0.1) is 13.8 Å².